The van der Waals surface area contributed by atoms with Crippen molar-refractivity contribution in [3.8, 4) is 0 Å². The Morgan fingerprint density at radius 3 is 2.69 bits per heavy atom. The summed E-state index contributed by atoms with van der Waals surface area (Å²) in [5.74, 6) is -1.24. The van der Waals surface area contributed by atoms with Crippen LogP contribution in [0, 0.1) is 6.92 Å². The highest BCUT2D eigenvalue weighted by Gasteiger charge is 2.22. The maximum atomic E-state index is 11.7. The summed E-state index contributed by atoms with van der Waals surface area (Å²) in [4.78, 5) is 27.8. The van der Waals surface area contributed by atoms with Crippen molar-refractivity contribution in [2.24, 2.45) is 0 Å². The lowest BCUT2D eigenvalue weighted by Crippen LogP contribution is -2.41. The van der Waals surface area contributed by atoms with Gasteiger partial charge in [0, 0.05) is 12.4 Å². The van der Waals surface area contributed by atoms with E-state index in [1.165, 1.54) is 30.2 Å². The van der Waals surface area contributed by atoms with E-state index >= 15 is 0 Å². The standard InChI is InChI=1S/C10H14N2O3S/c1-6(10(14)15)12(3)9(13)4-8-5-16-7(2)11-8/h5-6H,4H2,1-3H3,(H,14,15). The number of amides is 1. The fraction of sp³-hybridized carbons (Fsp3) is 0.500. The first-order valence-corrected chi connectivity index (χ1v) is 5.69. The van der Waals surface area contributed by atoms with E-state index in [1.807, 2.05) is 12.3 Å². The van der Waals surface area contributed by atoms with Gasteiger partial charge in [-0.3, -0.25) is 4.79 Å². The summed E-state index contributed by atoms with van der Waals surface area (Å²) >= 11 is 1.47. The van der Waals surface area contributed by atoms with Gasteiger partial charge in [0.25, 0.3) is 0 Å². The average molecular weight is 242 g/mol. The topological polar surface area (TPSA) is 70.5 Å². The Hall–Kier alpha value is -1.43. The molecule has 1 unspecified atom stereocenters. The van der Waals surface area contributed by atoms with Gasteiger partial charge in [-0.1, -0.05) is 0 Å². The number of carboxylic acids is 1. The molecule has 1 rings (SSSR count). The van der Waals surface area contributed by atoms with Crippen molar-refractivity contribution < 1.29 is 14.7 Å². The number of rotatable bonds is 4. The Balaban J connectivity index is 2.62. The van der Waals surface area contributed by atoms with Gasteiger partial charge in [-0.05, 0) is 13.8 Å². The van der Waals surface area contributed by atoms with Crippen LogP contribution in [0.5, 0.6) is 0 Å². The highest BCUT2D eigenvalue weighted by atomic mass is 32.1. The molecule has 1 N–H and O–H groups in total. The minimum atomic E-state index is -1.01. The summed E-state index contributed by atoms with van der Waals surface area (Å²) in [6, 6.07) is -0.813. The lowest BCUT2D eigenvalue weighted by Gasteiger charge is -2.20. The second kappa shape index (κ2) is 5.07. The quantitative estimate of drug-likeness (QED) is 0.852. The molecule has 0 bridgehead atoms. The predicted octanol–water partition coefficient (Wildman–Crippen LogP) is 0.926. The second-order valence-corrected chi connectivity index (χ2v) is 4.62. The maximum absolute atomic E-state index is 11.7. The number of nitrogens with zero attached hydrogens (tertiary/aromatic N) is 2. The van der Waals surface area contributed by atoms with Crippen LogP contribution in [-0.4, -0.2) is 40.0 Å². The van der Waals surface area contributed by atoms with Crippen LogP contribution in [0.4, 0.5) is 0 Å². The SMILES string of the molecule is Cc1nc(CC(=O)N(C)C(C)C(=O)O)cs1. The van der Waals surface area contributed by atoms with E-state index in [-0.39, 0.29) is 12.3 Å². The molecule has 5 nitrogen and oxygen atoms in total. The highest BCUT2D eigenvalue weighted by Crippen LogP contribution is 2.10. The molecular weight excluding hydrogens is 228 g/mol. The van der Waals surface area contributed by atoms with Crippen molar-refractivity contribution in [2.45, 2.75) is 26.3 Å². The van der Waals surface area contributed by atoms with Gasteiger partial charge in [0.2, 0.25) is 5.91 Å². The van der Waals surface area contributed by atoms with Crippen LogP contribution in [-0.2, 0) is 16.0 Å². The third-order valence-corrected chi connectivity index (χ3v) is 3.15. The first-order chi connectivity index (χ1) is 7.41. The minimum absolute atomic E-state index is 0.151. The van der Waals surface area contributed by atoms with Gasteiger partial charge in [0.1, 0.15) is 6.04 Å². The Morgan fingerprint density at radius 2 is 2.25 bits per heavy atom. The molecule has 0 fully saturated rings. The van der Waals surface area contributed by atoms with Gasteiger partial charge in [0.05, 0.1) is 17.1 Å². The molecule has 0 aliphatic heterocycles. The molecule has 0 aliphatic rings. The van der Waals surface area contributed by atoms with E-state index in [0.717, 1.165) is 5.01 Å². The predicted molar refractivity (Wildman–Crippen MR) is 60.4 cm³/mol. The zero-order valence-corrected chi connectivity index (χ0v) is 10.2. The summed E-state index contributed by atoms with van der Waals surface area (Å²) < 4.78 is 0. The number of carbonyl (C=O) groups is 2. The molecule has 6 heteroatoms. The summed E-state index contributed by atoms with van der Waals surface area (Å²) in [5.41, 5.74) is 0.692. The first-order valence-electron chi connectivity index (χ1n) is 4.81. The van der Waals surface area contributed by atoms with Crippen molar-refractivity contribution in [3.05, 3.63) is 16.1 Å². The Morgan fingerprint density at radius 1 is 1.62 bits per heavy atom. The highest BCUT2D eigenvalue weighted by molar-refractivity contribution is 7.09. The number of likely N-dealkylation sites (N-methyl/N-ethyl adjacent to an activating group) is 1. The molecule has 0 aromatic carbocycles. The maximum Gasteiger partial charge on any atom is 0.326 e. The molecule has 1 heterocycles. The average Bonchev–Trinajstić information content (AvgIpc) is 2.61. The lowest BCUT2D eigenvalue weighted by atomic mass is 10.2. The van der Waals surface area contributed by atoms with E-state index in [1.54, 1.807) is 0 Å². The molecule has 0 saturated heterocycles. The molecule has 88 valence electrons. The van der Waals surface area contributed by atoms with Gasteiger partial charge >= 0.3 is 5.97 Å². The van der Waals surface area contributed by atoms with Crippen LogP contribution in [0.25, 0.3) is 0 Å². The van der Waals surface area contributed by atoms with Crippen LogP contribution in [0.15, 0.2) is 5.38 Å². The van der Waals surface area contributed by atoms with Crippen molar-refractivity contribution in [3.63, 3.8) is 0 Å². The molecule has 0 spiro atoms. The second-order valence-electron chi connectivity index (χ2n) is 3.55. The number of aliphatic carboxylic acids is 1. The zero-order chi connectivity index (χ0) is 12.3. The summed E-state index contributed by atoms with van der Waals surface area (Å²) in [5, 5.41) is 11.5. The molecular formula is C10H14N2O3S. The van der Waals surface area contributed by atoms with Gasteiger partial charge in [-0.2, -0.15) is 0 Å². The molecule has 0 saturated carbocycles. The van der Waals surface area contributed by atoms with Crippen LogP contribution in [0.2, 0.25) is 0 Å². The monoisotopic (exact) mass is 242 g/mol. The van der Waals surface area contributed by atoms with Crippen LogP contribution in [0.3, 0.4) is 0 Å². The van der Waals surface area contributed by atoms with E-state index in [9.17, 15) is 9.59 Å². The number of carboxylic acid groups (broad SMARTS) is 1. The number of hydrogen-bond donors (Lipinski definition) is 1. The normalized spacial score (nSPS) is 12.2. The van der Waals surface area contributed by atoms with Gasteiger partial charge in [0.15, 0.2) is 0 Å². The molecule has 1 aromatic heterocycles. The molecule has 16 heavy (non-hydrogen) atoms. The van der Waals surface area contributed by atoms with Crippen molar-refractivity contribution in [2.75, 3.05) is 7.05 Å². The van der Waals surface area contributed by atoms with E-state index < -0.39 is 12.0 Å². The molecule has 0 aliphatic carbocycles. The number of carbonyl (C=O) groups excluding carboxylic acids is 1. The van der Waals surface area contributed by atoms with E-state index in [4.69, 9.17) is 5.11 Å². The van der Waals surface area contributed by atoms with Crippen LogP contribution < -0.4 is 0 Å². The van der Waals surface area contributed by atoms with E-state index in [2.05, 4.69) is 4.98 Å². The smallest absolute Gasteiger partial charge is 0.326 e. The van der Waals surface area contributed by atoms with E-state index in [0.29, 0.717) is 5.69 Å². The number of aryl methyl sites for hydroxylation is 1. The molecule has 0 radical (unpaired) electrons. The number of hydrogen-bond acceptors (Lipinski definition) is 4. The van der Waals surface area contributed by atoms with Crippen molar-refractivity contribution >= 4 is 23.2 Å². The molecule has 1 amide bonds. The third-order valence-electron chi connectivity index (χ3n) is 2.33. The van der Waals surface area contributed by atoms with Crippen molar-refractivity contribution in [1.29, 1.82) is 0 Å². The molecule has 1 aromatic rings. The summed E-state index contributed by atoms with van der Waals surface area (Å²) in [6.45, 7) is 3.34. The Labute approximate surface area is 97.7 Å². The van der Waals surface area contributed by atoms with Crippen molar-refractivity contribution in [1.82, 2.24) is 9.88 Å². The van der Waals surface area contributed by atoms with Crippen LogP contribution in [0.1, 0.15) is 17.6 Å². The fourth-order valence-electron chi connectivity index (χ4n) is 1.15. The molecule has 1 atom stereocenters. The third kappa shape index (κ3) is 3.03. The number of thiazole rings is 1. The Kier molecular flexibility index (Phi) is 4.00. The van der Waals surface area contributed by atoms with Crippen LogP contribution >= 0.6 is 11.3 Å². The minimum Gasteiger partial charge on any atom is -0.480 e. The lowest BCUT2D eigenvalue weighted by molar-refractivity contribution is -0.148. The first kappa shape index (κ1) is 12.6. The zero-order valence-electron chi connectivity index (χ0n) is 9.43. The number of aromatic nitrogens is 1. The Bertz CT molecular complexity index is 403. The summed E-state index contributed by atoms with van der Waals surface area (Å²) in [7, 11) is 1.49. The van der Waals surface area contributed by atoms with Gasteiger partial charge < -0.3 is 10.0 Å². The largest absolute Gasteiger partial charge is 0.480 e. The van der Waals surface area contributed by atoms with Gasteiger partial charge in [-0.25, -0.2) is 9.78 Å². The summed E-state index contributed by atoms with van der Waals surface area (Å²) in [6.07, 6.45) is 0.151. The fourth-order valence-corrected chi connectivity index (χ4v) is 1.76. The van der Waals surface area contributed by atoms with Gasteiger partial charge in [-0.15, -0.1) is 11.3 Å².